The SMILES string of the molecule is COCCCN(CCOC)C(=O)N[C@@H](CC(=O)O)C(=O)O. The number of urea groups is 1. The summed E-state index contributed by atoms with van der Waals surface area (Å²) in [6.45, 7) is 1.36. The highest BCUT2D eigenvalue weighted by molar-refractivity contribution is 5.86. The summed E-state index contributed by atoms with van der Waals surface area (Å²) >= 11 is 0. The first-order chi connectivity index (χ1) is 9.92. The van der Waals surface area contributed by atoms with Crippen LogP contribution in [0.2, 0.25) is 0 Å². The number of carboxylic acid groups (broad SMARTS) is 2. The van der Waals surface area contributed by atoms with Gasteiger partial charge in [0.15, 0.2) is 0 Å². The second-order valence-electron chi connectivity index (χ2n) is 4.26. The smallest absolute Gasteiger partial charge is 0.326 e. The molecule has 0 bridgehead atoms. The molecule has 0 unspecified atom stereocenters. The molecule has 9 heteroatoms. The lowest BCUT2D eigenvalue weighted by Crippen LogP contribution is -2.49. The monoisotopic (exact) mass is 306 g/mol. The van der Waals surface area contributed by atoms with Crippen LogP contribution in [0.3, 0.4) is 0 Å². The summed E-state index contributed by atoms with van der Waals surface area (Å²) in [5.41, 5.74) is 0. The minimum Gasteiger partial charge on any atom is -0.481 e. The predicted molar refractivity (Wildman–Crippen MR) is 72.2 cm³/mol. The molecule has 1 atom stereocenters. The van der Waals surface area contributed by atoms with Gasteiger partial charge in [-0.2, -0.15) is 0 Å². The molecule has 122 valence electrons. The molecule has 0 aromatic carbocycles. The van der Waals surface area contributed by atoms with E-state index in [0.717, 1.165) is 0 Å². The van der Waals surface area contributed by atoms with Crippen molar-refractivity contribution in [2.45, 2.75) is 18.9 Å². The molecule has 0 aliphatic rings. The van der Waals surface area contributed by atoms with Crippen LogP contribution in [0.5, 0.6) is 0 Å². The summed E-state index contributed by atoms with van der Waals surface area (Å²) in [4.78, 5) is 34.9. The lowest BCUT2D eigenvalue weighted by Gasteiger charge is -2.24. The molecule has 0 saturated carbocycles. The molecule has 0 aromatic rings. The average Bonchev–Trinajstić information content (AvgIpc) is 2.41. The molecule has 2 amide bonds. The third-order valence-corrected chi connectivity index (χ3v) is 2.60. The van der Waals surface area contributed by atoms with E-state index in [2.05, 4.69) is 5.32 Å². The highest BCUT2D eigenvalue weighted by Gasteiger charge is 2.25. The Balaban J connectivity index is 4.59. The molecule has 0 rings (SSSR count). The largest absolute Gasteiger partial charge is 0.481 e. The Morgan fingerprint density at radius 2 is 1.71 bits per heavy atom. The van der Waals surface area contributed by atoms with Crippen LogP contribution in [0, 0.1) is 0 Å². The number of nitrogens with zero attached hydrogens (tertiary/aromatic N) is 1. The van der Waals surface area contributed by atoms with Crippen molar-refractivity contribution in [1.29, 1.82) is 0 Å². The van der Waals surface area contributed by atoms with Crippen LogP contribution in [0.15, 0.2) is 0 Å². The Morgan fingerprint density at radius 3 is 2.19 bits per heavy atom. The molecule has 0 aliphatic carbocycles. The second-order valence-corrected chi connectivity index (χ2v) is 4.26. The highest BCUT2D eigenvalue weighted by atomic mass is 16.5. The van der Waals surface area contributed by atoms with Crippen molar-refractivity contribution in [3.8, 4) is 0 Å². The maximum absolute atomic E-state index is 12.0. The molecule has 0 aromatic heterocycles. The lowest BCUT2D eigenvalue weighted by atomic mass is 10.2. The van der Waals surface area contributed by atoms with Crippen LogP contribution in [-0.4, -0.2) is 79.6 Å². The molecule has 3 N–H and O–H groups in total. The van der Waals surface area contributed by atoms with Gasteiger partial charge in [-0.3, -0.25) is 4.79 Å². The van der Waals surface area contributed by atoms with Gasteiger partial charge < -0.3 is 29.9 Å². The number of carboxylic acids is 2. The fourth-order valence-corrected chi connectivity index (χ4v) is 1.53. The number of aliphatic carboxylic acids is 2. The zero-order chi connectivity index (χ0) is 16.3. The highest BCUT2D eigenvalue weighted by Crippen LogP contribution is 1.99. The molecule has 0 aliphatic heterocycles. The third kappa shape index (κ3) is 8.82. The number of hydrogen-bond acceptors (Lipinski definition) is 5. The van der Waals surface area contributed by atoms with Gasteiger partial charge in [0.1, 0.15) is 6.04 Å². The van der Waals surface area contributed by atoms with Crippen molar-refractivity contribution in [3.05, 3.63) is 0 Å². The van der Waals surface area contributed by atoms with E-state index in [1.807, 2.05) is 0 Å². The van der Waals surface area contributed by atoms with E-state index in [1.54, 1.807) is 0 Å². The van der Waals surface area contributed by atoms with Crippen molar-refractivity contribution in [2.24, 2.45) is 0 Å². The number of carbonyl (C=O) groups is 3. The molecule has 9 nitrogen and oxygen atoms in total. The fraction of sp³-hybridized carbons (Fsp3) is 0.750. The maximum Gasteiger partial charge on any atom is 0.326 e. The van der Waals surface area contributed by atoms with E-state index in [0.29, 0.717) is 19.6 Å². The second kappa shape index (κ2) is 10.9. The van der Waals surface area contributed by atoms with Crippen LogP contribution in [0.4, 0.5) is 4.79 Å². The molecule has 0 fully saturated rings. The van der Waals surface area contributed by atoms with Crippen LogP contribution >= 0.6 is 0 Å². The van der Waals surface area contributed by atoms with Gasteiger partial charge in [-0.1, -0.05) is 0 Å². The molecular weight excluding hydrogens is 284 g/mol. The Bertz CT molecular complexity index is 348. The van der Waals surface area contributed by atoms with Gasteiger partial charge in [0, 0.05) is 33.9 Å². The molecule has 21 heavy (non-hydrogen) atoms. The van der Waals surface area contributed by atoms with Gasteiger partial charge in [0.2, 0.25) is 0 Å². The number of carbonyl (C=O) groups excluding carboxylic acids is 1. The van der Waals surface area contributed by atoms with Gasteiger partial charge in [-0.25, -0.2) is 9.59 Å². The Kier molecular flexibility index (Phi) is 9.90. The number of nitrogens with one attached hydrogen (secondary N) is 1. The van der Waals surface area contributed by atoms with E-state index in [9.17, 15) is 14.4 Å². The minimum atomic E-state index is -1.47. The fourth-order valence-electron chi connectivity index (χ4n) is 1.53. The van der Waals surface area contributed by atoms with Crippen LogP contribution < -0.4 is 5.32 Å². The number of ether oxygens (including phenoxy) is 2. The first kappa shape index (κ1) is 19.1. The summed E-state index contributed by atoms with van der Waals surface area (Å²) in [6, 6.07) is -2.11. The Labute approximate surface area is 122 Å². The minimum absolute atomic E-state index is 0.269. The third-order valence-electron chi connectivity index (χ3n) is 2.60. The summed E-state index contributed by atoms with van der Waals surface area (Å²) in [5.74, 6) is -2.69. The molecule has 0 radical (unpaired) electrons. The first-order valence-corrected chi connectivity index (χ1v) is 6.40. The average molecular weight is 306 g/mol. The summed E-state index contributed by atoms with van der Waals surface area (Å²) in [5, 5.41) is 19.7. The molecular formula is C12H22N2O7. The van der Waals surface area contributed by atoms with Crippen LogP contribution in [0.25, 0.3) is 0 Å². The van der Waals surface area contributed by atoms with E-state index < -0.39 is 30.4 Å². The summed E-state index contributed by atoms with van der Waals surface area (Å²) in [6.07, 6.45) is -0.110. The first-order valence-electron chi connectivity index (χ1n) is 6.40. The van der Waals surface area contributed by atoms with Crippen LogP contribution in [0.1, 0.15) is 12.8 Å². The van der Waals surface area contributed by atoms with Crippen LogP contribution in [-0.2, 0) is 19.1 Å². The van der Waals surface area contributed by atoms with Crippen molar-refractivity contribution in [3.63, 3.8) is 0 Å². The van der Waals surface area contributed by atoms with E-state index in [4.69, 9.17) is 19.7 Å². The van der Waals surface area contributed by atoms with Gasteiger partial charge in [-0.05, 0) is 6.42 Å². The van der Waals surface area contributed by atoms with Gasteiger partial charge in [-0.15, -0.1) is 0 Å². The molecule has 0 heterocycles. The number of rotatable bonds is 11. The van der Waals surface area contributed by atoms with Crippen molar-refractivity contribution < 1.29 is 34.1 Å². The van der Waals surface area contributed by atoms with Crippen molar-refractivity contribution in [1.82, 2.24) is 10.2 Å². The standard InChI is InChI=1S/C12H22N2O7/c1-20-6-3-4-14(5-7-21-2)12(19)13-9(11(17)18)8-10(15)16/h9H,3-8H2,1-2H3,(H,13,19)(H,15,16)(H,17,18)/t9-/m0/s1. The molecule has 0 spiro atoms. The number of methoxy groups -OCH3 is 2. The van der Waals surface area contributed by atoms with E-state index in [1.165, 1.54) is 19.1 Å². The van der Waals surface area contributed by atoms with Crippen molar-refractivity contribution >= 4 is 18.0 Å². The van der Waals surface area contributed by atoms with Gasteiger partial charge in [0.05, 0.1) is 13.0 Å². The topological polar surface area (TPSA) is 125 Å². The van der Waals surface area contributed by atoms with Crippen molar-refractivity contribution in [2.75, 3.05) is 40.5 Å². The normalized spacial score (nSPS) is 11.7. The number of amides is 2. The Morgan fingerprint density at radius 1 is 1.10 bits per heavy atom. The predicted octanol–water partition coefficient (Wildman–Crippen LogP) is -0.391. The molecule has 0 saturated heterocycles. The maximum atomic E-state index is 12.0. The Hall–Kier alpha value is -1.87. The van der Waals surface area contributed by atoms with Gasteiger partial charge in [0.25, 0.3) is 0 Å². The summed E-state index contributed by atoms with van der Waals surface area (Å²) < 4.78 is 9.77. The van der Waals surface area contributed by atoms with E-state index in [-0.39, 0.29) is 13.2 Å². The number of hydrogen-bond donors (Lipinski definition) is 3. The quantitative estimate of drug-likeness (QED) is 0.444. The summed E-state index contributed by atoms with van der Waals surface area (Å²) in [7, 11) is 3.02. The zero-order valence-corrected chi connectivity index (χ0v) is 12.2. The van der Waals surface area contributed by atoms with E-state index >= 15 is 0 Å². The lowest BCUT2D eigenvalue weighted by molar-refractivity contribution is -0.145. The zero-order valence-electron chi connectivity index (χ0n) is 12.2. The van der Waals surface area contributed by atoms with Gasteiger partial charge >= 0.3 is 18.0 Å².